The predicted molar refractivity (Wildman–Crippen MR) is 113 cm³/mol. The third-order valence-electron chi connectivity index (χ3n) is 5.30. The molecule has 1 amide bonds. The highest BCUT2D eigenvalue weighted by Gasteiger charge is 2.32. The molecule has 0 aromatic heterocycles. The predicted octanol–water partition coefficient (Wildman–Crippen LogP) is 4.01. The lowest BCUT2D eigenvalue weighted by Crippen LogP contribution is -2.34. The number of sulfonamides is 1. The summed E-state index contributed by atoms with van der Waals surface area (Å²) < 4.78 is 25.5. The normalized spacial score (nSPS) is 17.5. The summed E-state index contributed by atoms with van der Waals surface area (Å²) in [6.07, 6.45) is 1.82. The van der Waals surface area contributed by atoms with Crippen LogP contribution in [0.25, 0.3) is 0 Å². The highest BCUT2D eigenvalue weighted by molar-refractivity contribution is 7.92. The Hall–Kier alpha value is -2.34. The van der Waals surface area contributed by atoms with E-state index in [9.17, 15) is 13.2 Å². The first kappa shape index (κ1) is 20.4. The molecule has 2 aromatic carbocycles. The number of hydrogen-bond donors (Lipinski definition) is 1. The number of benzene rings is 2. The van der Waals surface area contributed by atoms with Crippen molar-refractivity contribution in [2.75, 3.05) is 10.6 Å². The molecular formula is C22H28N2O3S. The van der Waals surface area contributed by atoms with Gasteiger partial charge in [-0.15, -0.1) is 0 Å². The Morgan fingerprint density at radius 2 is 1.68 bits per heavy atom. The maximum atomic E-state index is 12.7. The van der Waals surface area contributed by atoms with Gasteiger partial charge in [-0.3, -0.25) is 9.10 Å². The Balaban J connectivity index is 1.76. The highest BCUT2D eigenvalue weighted by Crippen LogP contribution is 2.34. The Labute approximate surface area is 167 Å². The molecule has 2 atom stereocenters. The Morgan fingerprint density at radius 1 is 1.07 bits per heavy atom. The van der Waals surface area contributed by atoms with E-state index in [0.717, 1.165) is 11.1 Å². The van der Waals surface area contributed by atoms with Crippen LogP contribution in [0.15, 0.2) is 42.5 Å². The third kappa shape index (κ3) is 4.07. The molecule has 3 rings (SSSR count). The molecule has 1 N–H and O–H groups in total. The molecule has 6 heteroatoms. The minimum absolute atomic E-state index is 0.117. The van der Waals surface area contributed by atoms with Crippen LogP contribution in [-0.4, -0.2) is 26.6 Å². The fourth-order valence-corrected chi connectivity index (χ4v) is 5.05. The van der Waals surface area contributed by atoms with Crippen LogP contribution in [0.1, 0.15) is 66.7 Å². The molecule has 1 heterocycles. The van der Waals surface area contributed by atoms with Gasteiger partial charge in [0.25, 0.3) is 5.91 Å². The summed E-state index contributed by atoms with van der Waals surface area (Å²) in [5, 5.41) is 3.03. The molecule has 0 aliphatic carbocycles. The van der Waals surface area contributed by atoms with Crippen LogP contribution in [0.4, 0.5) is 5.69 Å². The maximum Gasteiger partial charge on any atom is 0.251 e. The maximum absolute atomic E-state index is 12.7. The molecule has 2 aromatic rings. The first-order chi connectivity index (χ1) is 13.1. The highest BCUT2D eigenvalue weighted by atomic mass is 32.2. The van der Waals surface area contributed by atoms with E-state index in [0.29, 0.717) is 23.6 Å². The van der Waals surface area contributed by atoms with Gasteiger partial charge in [-0.1, -0.05) is 38.1 Å². The molecule has 0 saturated heterocycles. The number of carbonyl (C=O) groups excluding carboxylic acids is 1. The van der Waals surface area contributed by atoms with Gasteiger partial charge in [0.05, 0.1) is 18.0 Å². The number of nitrogens with one attached hydrogen (secondary N) is 1. The van der Waals surface area contributed by atoms with E-state index in [1.807, 2.05) is 13.8 Å². The van der Waals surface area contributed by atoms with Crippen molar-refractivity contribution >= 4 is 21.6 Å². The van der Waals surface area contributed by atoms with Gasteiger partial charge in [0, 0.05) is 11.6 Å². The third-order valence-corrected chi connectivity index (χ3v) is 6.57. The van der Waals surface area contributed by atoms with Crippen LogP contribution in [0.2, 0.25) is 0 Å². The van der Waals surface area contributed by atoms with Crippen molar-refractivity contribution in [3.63, 3.8) is 0 Å². The molecule has 0 saturated carbocycles. The molecule has 150 valence electrons. The number of carbonyl (C=O) groups is 1. The summed E-state index contributed by atoms with van der Waals surface area (Å²) in [6.45, 7) is 8.15. The van der Waals surface area contributed by atoms with E-state index in [4.69, 9.17) is 0 Å². The number of nitrogens with zero attached hydrogens (tertiary/aromatic N) is 1. The van der Waals surface area contributed by atoms with E-state index in [-0.39, 0.29) is 18.0 Å². The fraction of sp³-hybridized carbons (Fsp3) is 0.409. The van der Waals surface area contributed by atoms with Crippen LogP contribution in [0.5, 0.6) is 0 Å². The summed E-state index contributed by atoms with van der Waals surface area (Å²) in [6, 6.07) is 13.3. The number of fused-ring (bicyclic) bond motifs is 1. The van der Waals surface area contributed by atoms with Gasteiger partial charge >= 0.3 is 0 Å². The molecule has 0 radical (unpaired) electrons. The van der Waals surface area contributed by atoms with Crippen LogP contribution < -0.4 is 9.62 Å². The van der Waals surface area contributed by atoms with Crippen LogP contribution in [0.3, 0.4) is 0 Å². The number of amides is 1. The van der Waals surface area contributed by atoms with E-state index < -0.39 is 10.0 Å². The average Bonchev–Trinajstić information content (AvgIpc) is 2.96. The van der Waals surface area contributed by atoms with Gasteiger partial charge in [0.2, 0.25) is 10.0 Å². The minimum Gasteiger partial charge on any atom is -0.346 e. The second-order valence-electron chi connectivity index (χ2n) is 7.97. The summed E-state index contributed by atoms with van der Waals surface area (Å²) in [4.78, 5) is 12.7. The van der Waals surface area contributed by atoms with Crippen molar-refractivity contribution in [3.8, 4) is 0 Å². The zero-order valence-corrected chi connectivity index (χ0v) is 17.9. The second kappa shape index (κ2) is 7.59. The monoisotopic (exact) mass is 400 g/mol. The lowest BCUT2D eigenvalue weighted by molar-refractivity contribution is 0.0940. The van der Waals surface area contributed by atoms with Crippen molar-refractivity contribution in [2.24, 2.45) is 0 Å². The zero-order chi connectivity index (χ0) is 20.6. The molecule has 28 heavy (non-hydrogen) atoms. The van der Waals surface area contributed by atoms with Gasteiger partial charge in [-0.2, -0.15) is 0 Å². The Bertz CT molecular complexity index is 981. The van der Waals surface area contributed by atoms with E-state index in [1.165, 1.54) is 16.1 Å². The molecular weight excluding hydrogens is 372 g/mol. The molecule has 0 spiro atoms. The van der Waals surface area contributed by atoms with Crippen molar-refractivity contribution in [1.29, 1.82) is 0 Å². The molecule has 1 aliphatic rings. The lowest BCUT2D eigenvalue weighted by Gasteiger charge is -2.22. The van der Waals surface area contributed by atoms with Gasteiger partial charge in [0.1, 0.15) is 0 Å². The van der Waals surface area contributed by atoms with Gasteiger partial charge < -0.3 is 5.32 Å². The van der Waals surface area contributed by atoms with E-state index in [2.05, 4.69) is 43.4 Å². The molecule has 0 fully saturated rings. The minimum atomic E-state index is -3.33. The van der Waals surface area contributed by atoms with Crippen LogP contribution in [0, 0.1) is 0 Å². The average molecular weight is 401 g/mol. The van der Waals surface area contributed by atoms with Crippen molar-refractivity contribution < 1.29 is 13.2 Å². The van der Waals surface area contributed by atoms with Gasteiger partial charge in [-0.25, -0.2) is 8.42 Å². The number of anilines is 1. The summed E-state index contributed by atoms with van der Waals surface area (Å²) in [5.74, 6) is 0.313. The quantitative estimate of drug-likeness (QED) is 0.825. The molecule has 1 aliphatic heterocycles. The van der Waals surface area contributed by atoms with E-state index in [1.54, 1.807) is 18.2 Å². The summed E-state index contributed by atoms with van der Waals surface area (Å²) in [7, 11) is -3.33. The Kier molecular flexibility index (Phi) is 5.53. The zero-order valence-electron chi connectivity index (χ0n) is 17.1. The van der Waals surface area contributed by atoms with E-state index >= 15 is 0 Å². The van der Waals surface area contributed by atoms with Gasteiger partial charge in [0.15, 0.2) is 0 Å². The first-order valence-corrected chi connectivity index (χ1v) is 11.5. The van der Waals surface area contributed by atoms with Crippen LogP contribution >= 0.6 is 0 Å². The second-order valence-corrected chi connectivity index (χ2v) is 9.83. The molecule has 0 bridgehead atoms. The lowest BCUT2D eigenvalue weighted by atomic mass is 9.99. The van der Waals surface area contributed by atoms with Crippen molar-refractivity contribution in [2.45, 2.75) is 52.1 Å². The van der Waals surface area contributed by atoms with Crippen molar-refractivity contribution in [3.05, 3.63) is 64.7 Å². The first-order valence-electron chi connectivity index (χ1n) is 9.61. The van der Waals surface area contributed by atoms with Crippen molar-refractivity contribution in [1.82, 2.24) is 5.32 Å². The molecule has 5 nitrogen and oxygen atoms in total. The number of rotatable bonds is 5. The smallest absolute Gasteiger partial charge is 0.251 e. The summed E-state index contributed by atoms with van der Waals surface area (Å²) >= 11 is 0. The summed E-state index contributed by atoms with van der Waals surface area (Å²) in [5.41, 5.74) is 4.43. The SMILES string of the molecule is CC(C)c1ccc(C(C)NC(=O)c2ccc3c(c2)CC(C)N3S(C)(=O)=O)cc1. The largest absolute Gasteiger partial charge is 0.346 e. The van der Waals surface area contributed by atoms with Crippen LogP contribution in [-0.2, 0) is 16.4 Å². The van der Waals surface area contributed by atoms with Gasteiger partial charge in [-0.05, 0) is 61.1 Å². The standard InChI is InChI=1S/C22H28N2O3S/c1-14(2)17-6-8-18(9-7-17)16(4)23-22(25)19-10-11-21-20(13-19)12-15(3)24(21)28(5,26)27/h6-11,13-16H,12H2,1-5H3,(H,23,25). The molecule has 2 unspecified atom stereocenters. The fourth-order valence-electron chi connectivity index (χ4n) is 3.78. The Morgan fingerprint density at radius 3 is 2.25 bits per heavy atom. The topological polar surface area (TPSA) is 66.5 Å². The number of hydrogen-bond acceptors (Lipinski definition) is 3.